The lowest BCUT2D eigenvalue weighted by atomic mass is 10.0. The molecular weight excluding hydrogens is 552 g/mol. The number of pyridine rings is 1. The van der Waals surface area contributed by atoms with Crippen LogP contribution >= 0.6 is 11.6 Å². The minimum atomic E-state index is -0.0843. The van der Waals surface area contributed by atoms with E-state index in [2.05, 4.69) is 30.4 Å². The van der Waals surface area contributed by atoms with Crippen molar-refractivity contribution < 1.29 is 14.6 Å². The number of halogens is 1. The van der Waals surface area contributed by atoms with E-state index in [4.69, 9.17) is 31.3 Å². The van der Waals surface area contributed by atoms with Crippen LogP contribution in [0.4, 0.5) is 5.82 Å². The molecule has 2 saturated heterocycles. The van der Waals surface area contributed by atoms with E-state index in [-0.39, 0.29) is 29.8 Å². The first kappa shape index (κ1) is 28.2. The third kappa shape index (κ3) is 5.23. The molecule has 0 bridgehead atoms. The van der Waals surface area contributed by atoms with Crippen LogP contribution in [-0.2, 0) is 4.79 Å². The van der Waals surface area contributed by atoms with Crippen molar-refractivity contribution in [3.05, 3.63) is 60.1 Å². The molecule has 4 aromatic rings. The van der Waals surface area contributed by atoms with Gasteiger partial charge in [0.1, 0.15) is 18.2 Å². The van der Waals surface area contributed by atoms with Crippen LogP contribution in [-0.4, -0.2) is 87.2 Å². The monoisotopic (exact) mass is 586 g/mol. The zero-order chi connectivity index (χ0) is 29.5. The Bertz CT molecular complexity index is 1680. The smallest absolute Gasteiger partial charge is 0.320 e. The van der Waals surface area contributed by atoms with E-state index in [1.807, 2.05) is 42.2 Å². The van der Waals surface area contributed by atoms with Crippen molar-refractivity contribution in [1.82, 2.24) is 24.8 Å². The molecule has 2 aromatic heterocycles. The summed E-state index contributed by atoms with van der Waals surface area (Å²) in [6.45, 7) is 10.4. The SMILES string of the molecule is C=CC(=O)N1C[C@H](C)N(c2nc(OC[C@@H]3CCCN3C)nc3nc(-c4cc(O)cc5ccccc45)c(Cl)cc23)C[C@H]1C. The zero-order valence-corrected chi connectivity index (χ0v) is 24.9. The number of fused-ring (bicyclic) bond motifs is 2. The second-order valence-corrected chi connectivity index (χ2v) is 11.8. The molecule has 3 atom stereocenters. The molecule has 0 aliphatic carbocycles. The van der Waals surface area contributed by atoms with E-state index in [0.717, 1.165) is 30.2 Å². The highest BCUT2D eigenvalue weighted by Crippen LogP contribution is 2.39. The summed E-state index contributed by atoms with van der Waals surface area (Å²) < 4.78 is 6.22. The van der Waals surface area contributed by atoms with E-state index < -0.39 is 0 Å². The van der Waals surface area contributed by atoms with Gasteiger partial charge in [0.15, 0.2) is 5.65 Å². The Balaban J connectivity index is 1.47. The van der Waals surface area contributed by atoms with Crippen molar-refractivity contribution in [1.29, 1.82) is 0 Å². The first-order valence-electron chi connectivity index (χ1n) is 14.4. The molecule has 2 fully saturated rings. The van der Waals surface area contributed by atoms with Crippen LogP contribution in [0.15, 0.2) is 55.1 Å². The minimum absolute atomic E-state index is 0.0366. The van der Waals surface area contributed by atoms with Crippen molar-refractivity contribution in [2.24, 2.45) is 0 Å². The maximum absolute atomic E-state index is 12.5. The van der Waals surface area contributed by atoms with Gasteiger partial charge in [-0.1, -0.05) is 42.4 Å². The average Bonchev–Trinajstić information content (AvgIpc) is 3.40. The van der Waals surface area contributed by atoms with Gasteiger partial charge in [-0.15, -0.1) is 0 Å². The van der Waals surface area contributed by atoms with E-state index in [1.54, 1.807) is 12.1 Å². The largest absolute Gasteiger partial charge is 0.508 e. The summed E-state index contributed by atoms with van der Waals surface area (Å²) in [6, 6.07) is 13.5. The topological polar surface area (TPSA) is 94.9 Å². The van der Waals surface area contributed by atoms with Crippen LogP contribution in [0, 0.1) is 0 Å². The van der Waals surface area contributed by atoms with Crippen LogP contribution in [0.1, 0.15) is 26.7 Å². The number of carbonyl (C=O) groups excluding carboxylic acids is 1. The second-order valence-electron chi connectivity index (χ2n) is 11.4. The number of phenolic OH excluding ortho intramolecular Hbond substituents is 1. The second kappa shape index (κ2) is 11.4. The van der Waals surface area contributed by atoms with Crippen LogP contribution in [0.5, 0.6) is 11.8 Å². The summed E-state index contributed by atoms with van der Waals surface area (Å²) in [7, 11) is 2.11. The molecule has 0 saturated carbocycles. The molecule has 6 rings (SSSR count). The van der Waals surface area contributed by atoms with Crippen molar-refractivity contribution in [2.45, 2.75) is 44.8 Å². The summed E-state index contributed by atoms with van der Waals surface area (Å²) in [4.78, 5) is 33.4. The number of amides is 1. The number of piperazine rings is 1. The van der Waals surface area contributed by atoms with Gasteiger partial charge in [0.25, 0.3) is 0 Å². The normalized spacial score (nSPS) is 21.3. The lowest BCUT2D eigenvalue weighted by Gasteiger charge is -2.44. The van der Waals surface area contributed by atoms with Gasteiger partial charge >= 0.3 is 6.01 Å². The standard InChI is InChI=1S/C32H35ClN6O3/c1-5-28(41)38-16-20(3)39(17-19(38)2)31-26-15-27(33)29(25-14-23(40)13-21-9-6-7-11-24(21)25)34-30(26)35-32(36-31)42-18-22-10-8-12-37(22)4/h5-7,9,11,13-15,19-20,22,40H,1,8,10,12,16-18H2,2-4H3/t19-,20+,22+/m1/s1. The molecule has 9 nitrogen and oxygen atoms in total. The summed E-state index contributed by atoms with van der Waals surface area (Å²) in [5.41, 5.74) is 1.68. The summed E-state index contributed by atoms with van der Waals surface area (Å²) in [5, 5.41) is 13.4. The molecule has 218 valence electrons. The van der Waals surface area contributed by atoms with Crippen LogP contribution in [0.25, 0.3) is 33.1 Å². The minimum Gasteiger partial charge on any atom is -0.508 e. The summed E-state index contributed by atoms with van der Waals surface area (Å²) in [5.74, 6) is 0.713. The summed E-state index contributed by atoms with van der Waals surface area (Å²) >= 11 is 6.93. The van der Waals surface area contributed by atoms with Gasteiger partial charge in [0.05, 0.1) is 16.1 Å². The van der Waals surface area contributed by atoms with Crippen molar-refractivity contribution in [3.8, 4) is 23.0 Å². The van der Waals surface area contributed by atoms with Crippen molar-refractivity contribution >= 4 is 45.1 Å². The number of benzene rings is 2. The number of aromatic nitrogens is 3. The lowest BCUT2D eigenvalue weighted by Crippen LogP contribution is -2.58. The number of rotatable bonds is 6. The number of nitrogens with zero attached hydrogens (tertiary/aromatic N) is 6. The van der Waals surface area contributed by atoms with Gasteiger partial charge in [-0.25, -0.2) is 4.98 Å². The quantitative estimate of drug-likeness (QED) is 0.305. The fourth-order valence-electron chi connectivity index (χ4n) is 6.16. The maximum atomic E-state index is 12.5. The van der Waals surface area contributed by atoms with E-state index in [0.29, 0.717) is 58.9 Å². The predicted molar refractivity (Wildman–Crippen MR) is 166 cm³/mol. The zero-order valence-electron chi connectivity index (χ0n) is 24.1. The van der Waals surface area contributed by atoms with E-state index in [9.17, 15) is 9.90 Å². The maximum Gasteiger partial charge on any atom is 0.320 e. The van der Waals surface area contributed by atoms with Gasteiger partial charge in [-0.05, 0) is 75.3 Å². The number of anilines is 1. The van der Waals surface area contributed by atoms with Gasteiger partial charge in [0.2, 0.25) is 5.91 Å². The molecule has 10 heteroatoms. The van der Waals surface area contributed by atoms with Crippen LogP contribution in [0.2, 0.25) is 5.02 Å². The molecule has 2 aromatic carbocycles. The lowest BCUT2D eigenvalue weighted by molar-refractivity contribution is -0.128. The van der Waals surface area contributed by atoms with Crippen molar-refractivity contribution in [2.75, 3.05) is 38.2 Å². The Hall–Kier alpha value is -3.95. The van der Waals surface area contributed by atoms with E-state index in [1.165, 1.54) is 6.08 Å². The Labute approximate surface area is 250 Å². The molecule has 0 unspecified atom stereocenters. The highest BCUT2D eigenvalue weighted by molar-refractivity contribution is 6.34. The number of carbonyl (C=O) groups is 1. The Morgan fingerprint density at radius 1 is 1.12 bits per heavy atom. The molecule has 42 heavy (non-hydrogen) atoms. The van der Waals surface area contributed by atoms with Crippen LogP contribution in [0.3, 0.4) is 0 Å². The Morgan fingerprint density at radius 3 is 2.69 bits per heavy atom. The van der Waals surface area contributed by atoms with Crippen LogP contribution < -0.4 is 9.64 Å². The Kier molecular flexibility index (Phi) is 7.64. The number of phenols is 1. The third-order valence-corrected chi connectivity index (χ3v) is 8.78. The number of likely N-dealkylation sites (N-methyl/N-ethyl adjacent to an activating group) is 1. The first-order valence-corrected chi connectivity index (χ1v) is 14.7. The fraction of sp³-hybridized carbons (Fsp3) is 0.375. The highest BCUT2D eigenvalue weighted by atomic mass is 35.5. The number of hydrogen-bond donors (Lipinski definition) is 1. The molecular formula is C32H35ClN6O3. The fourth-order valence-corrected chi connectivity index (χ4v) is 6.42. The van der Waals surface area contributed by atoms with Gasteiger partial charge < -0.3 is 24.5 Å². The predicted octanol–water partition coefficient (Wildman–Crippen LogP) is 5.29. The van der Waals surface area contributed by atoms with Gasteiger partial charge in [-0.2, -0.15) is 9.97 Å². The molecule has 0 spiro atoms. The molecule has 4 heterocycles. The molecule has 2 aliphatic rings. The molecule has 0 radical (unpaired) electrons. The number of aromatic hydroxyl groups is 1. The summed E-state index contributed by atoms with van der Waals surface area (Å²) in [6.07, 6.45) is 3.56. The molecule has 1 N–H and O–H groups in total. The molecule has 1 amide bonds. The van der Waals surface area contributed by atoms with Gasteiger partial charge in [0, 0.05) is 36.8 Å². The first-order chi connectivity index (χ1) is 20.2. The average molecular weight is 587 g/mol. The van der Waals surface area contributed by atoms with Gasteiger partial charge in [-0.3, -0.25) is 4.79 Å². The van der Waals surface area contributed by atoms with E-state index >= 15 is 0 Å². The number of ether oxygens (including phenoxy) is 1. The Morgan fingerprint density at radius 2 is 1.93 bits per heavy atom. The molecule has 2 aliphatic heterocycles. The number of hydrogen-bond acceptors (Lipinski definition) is 8. The number of likely N-dealkylation sites (tertiary alicyclic amines) is 1. The third-order valence-electron chi connectivity index (χ3n) is 8.49. The highest BCUT2D eigenvalue weighted by Gasteiger charge is 2.33. The van der Waals surface area contributed by atoms with Crippen molar-refractivity contribution in [3.63, 3.8) is 0 Å².